The van der Waals surface area contributed by atoms with Gasteiger partial charge in [0.05, 0.1) is 13.2 Å². The van der Waals surface area contributed by atoms with Crippen molar-refractivity contribution in [3.8, 4) is 0 Å². The highest BCUT2D eigenvalue weighted by atomic mass is 16.5. The van der Waals surface area contributed by atoms with Crippen LogP contribution in [0.4, 0.5) is 0 Å². The van der Waals surface area contributed by atoms with Crippen molar-refractivity contribution in [2.75, 3.05) is 26.3 Å². The van der Waals surface area contributed by atoms with E-state index in [9.17, 15) is 0 Å². The van der Waals surface area contributed by atoms with Gasteiger partial charge in [-0.1, -0.05) is 30.3 Å². The lowest BCUT2D eigenvalue weighted by molar-refractivity contribution is -0.140. The minimum absolute atomic E-state index is 0.563. The predicted octanol–water partition coefficient (Wildman–Crippen LogP) is 2.30. The minimum Gasteiger partial charge on any atom is -0.380 e. The van der Waals surface area contributed by atoms with Gasteiger partial charge in [0.25, 0.3) is 0 Å². The Morgan fingerprint density at radius 2 is 1.75 bits per heavy atom. The van der Waals surface area contributed by atoms with Crippen molar-refractivity contribution in [1.29, 1.82) is 0 Å². The molecule has 0 N–H and O–H groups in total. The van der Waals surface area contributed by atoms with Crippen LogP contribution in [0.5, 0.6) is 0 Å². The Kier molecular flexibility index (Phi) is 2.70. The predicted molar refractivity (Wildman–Crippen MR) is 64.2 cm³/mol. The summed E-state index contributed by atoms with van der Waals surface area (Å²) >= 11 is 0. The van der Waals surface area contributed by atoms with Gasteiger partial charge in [0, 0.05) is 12.0 Å². The van der Waals surface area contributed by atoms with Crippen molar-refractivity contribution < 1.29 is 4.74 Å². The maximum atomic E-state index is 5.35. The molecule has 0 atom stereocenters. The standard InChI is InChI=1S/C14H19NO/c1-2-4-13(5-3-1)10-15-8-6-14(7-9-15)11-16-12-14/h1-5H,6-12H2. The van der Waals surface area contributed by atoms with Crippen molar-refractivity contribution in [2.24, 2.45) is 5.41 Å². The largest absolute Gasteiger partial charge is 0.380 e. The summed E-state index contributed by atoms with van der Waals surface area (Å²) in [7, 11) is 0. The quantitative estimate of drug-likeness (QED) is 0.753. The normalized spacial score (nSPS) is 24.2. The third-order valence-corrected chi connectivity index (χ3v) is 3.98. The van der Waals surface area contributed by atoms with Crippen LogP contribution in [0.25, 0.3) is 0 Å². The molecule has 0 aliphatic carbocycles. The molecule has 0 unspecified atom stereocenters. The molecule has 1 spiro atoms. The van der Waals surface area contributed by atoms with Crippen LogP contribution < -0.4 is 0 Å². The van der Waals surface area contributed by atoms with E-state index in [2.05, 4.69) is 35.2 Å². The summed E-state index contributed by atoms with van der Waals surface area (Å²) in [4.78, 5) is 2.57. The summed E-state index contributed by atoms with van der Waals surface area (Å²) in [6, 6.07) is 10.8. The molecule has 0 amide bonds. The smallest absolute Gasteiger partial charge is 0.0545 e. The summed E-state index contributed by atoms with van der Waals surface area (Å²) in [5, 5.41) is 0. The Labute approximate surface area is 97.2 Å². The average molecular weight is 217 g/mol. The number of likely N-dealkylation sites (tertiary alicyclic amines) is 1. The van der Waals surface area contributed by atoms with E-state index < -0.39 is 0 Å². The van der Waals surface area contributed by atoms with Crippen LogP contribution in [0.15, 0.2) is 30.3 Å². The maximum absolute atomic E-state index is 5.35. The molecular weight excluding hydrogens is 198 g/mol. The highest BCUT2D eigenvalue weighted by Crippen LogP contribution is 2.38. The maximum Gasteiger partial charge on any atom is 0.0545 e. The van der Waals surface area contributed by atoms with Gasteiger partial charge in [-0.05, 0) is 31.5 Å². The fourth-order valence-electron chi connectivity index (χ4n) is 2.71. The zero-order chi connectivity index (χ0) is 10.8. The number of benzene rings is 1. The first-order chi connectivity index (χ1) is 7.86. The molecule has 0 saturated carbocycles. The van der Waals surface area contributed by atoms with Crippen LogP contribution in [0, 0.1) is 5.41 Å². The third kappa shape index (κ3) is 2.00. The zero-order valence-electron chi connectivity index (χ0n) is 9.69. The monoisotopic (exact) mass is 217 g/mol. The van der Waals surface area contributed by atoms with Gasteiger partial charge >= 0.3 is 0 Å². The van der Waals surface area contributed by atoms with Crippen molar-refractivity contribution in [2.45, 2.75) is 19.4 Å². The second kappa shape index (κ2) is 4.19. The number of piperidine rings is 1. The van der Waals surface area contributed by atoms with Crippen molar-refractivity contribution in [3.05, 3.63) is 35.9 Å². The summed E-state index contributed by atoms with van der Waals surface area (Å²) in [5.41, 5.74) is 2.00. The van der Waals surface area contributed by atoms with Gasteiger partial charge < -0.3 is 4.74 Å². The van der Waals surface area contributed by atoms with Crippen LogP contribution in [0.2, 0.25) is 0 Å². The van der Waals surface area contributed by atoms with Gasteiger partial charge in [0.1, 0.15) is 0 Å². The van der Waals surface area contributed by atoms with Gasteiger partial charge in [-0.3, -0.25) is 4.90 Å². The molecule has 2 heteroatoms. The summed E-state index contributed by atoms with van der Waals surface area (Å²) in [6.07, 6.45) is 2.64. The fourth-order valence-corrected chi connectivity index (χ4v) is 2.71. The number of ether oxygens (including phenoxy) is 1. The van der Waals surface area contributed by atoms with Crippen LogP contribution >= 0.6 is 0 Å². The molecule has 86 valence electrons. The van der Waals surface area contributed by atoms with Gasteiger partial charge in [0.15, 0.2) is 0 Å². The Bertz CT molecular complexity index is 335. The molecule has 16 heavy (non-hydrogen) atoms. The molecular formula is C14H19NO. The van der Waals surface area contributed by atoms with Crippen molar-refractivity contribution >= 4 is 0 Å². The number of hydrogen-bond acceptors (Lipinski definition) is 2. The Morgan fingerprint density at radius 1 is 1.06 bits per heavy atom. The number of hydrogen-bond donors (Lipinski definition) is 0. The lowest BCUT2D eigenvalue weighted by Gasteiger charge is -2.47. The molecule has 0 bridgehead atoms. The van der Waals surface area contributed by atoms with Crippen molar-refractivity contribution in [1.82, 2.24) is 4.90 Å². The van der Waals surface area contributed by atoms with Gasteiger partial charge in [-0.15, -0.1) is 0 Å². The molecule has 2 saturated heterocycles. The second-order valence-electron chi connectivity index (χ2n) is 5.25. The van der Waals surface area contributed by atoms with Gasteiger partial charge in [-0.25, -0.2) is 0 Å². The van der Waals surface area contributed by atoms with E-state index in [1.165, 1.54) is 31.5 Å². The molecule has 2 nitrogen and oxygen atoms in total. The summed E-state index contributed by atoms with van der Waals surface area (Å²) in [5.74, 6) is 0. The van der Waals surface area contributed by atoms with Crippen LogP contribution in [0.3, 0.4) is 0 Å². The highest BCUT2D eigenvalue weighted by Gasteiger charge is 2.40. The van der Waals surface area contributed by atoms with Crippen LogP contribution in [-0.4, -0.2) is 31.2 Å². The first-order valence-corrected chi connectivity index (χ1v) is 6.20. The van der Waals surface area contributed by atoms with Crippen LogP contribution in [-0.2, 0) is 11.3 Å². The summed E-state index contributed by atoms with van der Waals surface area (Å²) in [6.45, 7) is 5.59. The Balaban J connectivity index is 1.54. The van der Waals surface area contributed by atoms with Crippen molar-refractivity contribution in [3.63, 3.8) is 0 Å². The molecule has 3 rings (SSSR count). The molecule has 2 aliphatic heterocycles. The first-order valence-electron chi connectivity index (χ1n) is 6.20. The Hall–Kier alpha value is -0.860. The first kappa shape index (κ1) is 10.3. The van der Waals surface area contributed by atoms with E-state index in [0.717, 1.165) is 19.8 Å². The van der Waals surface area contributed by atoms with E-state index in [4.69, 9.17) is 4.74 Å². The lowest BCUT2D eigenvalue weighted by Crippen LogP contribution is -2.50. The third-order valence-electron chi connectivity index (χ3n) is 3.98. The van der Waals surface area contributed by atoms with E-state index in [-0.39, 0.29) is 0 Å². The number of nitrogens with zero attached hydrogens (tertiary/aromatic N) is 1. The SMILES string of the molecule is c1ccc(CN2CCC3(CC2)COC3)cc1. The second-order valence-corrected chi connectivity index (χ2v) is 5.25. The van der Waals surface area contributed by atoms with E-state index in [1.54, 1.807) is 0 Å². The fraction of sp³-hybridized carbons (Fsp3) is 0.571. The van der Waals surface area contributed by atoms with E-state index in [0.29, 0.717) is 5.41 Å². The molecule has 2 heterocycles. The summed E-state index contributed by atoms with van der Waals surface area (Å²) < 4.78 is 5.35. The van der Waals surface area contributed by atoms with Gasteiger partial charge in [-0.2, -0.15) is 0 Å². The number of rotatable bonds is 2. The van der Waals surface area contributed by atoms with E-state index in [1.807, 2.05) is 0 Å². The van der Waals surface area contributed by atoms with Gasteiger partial charge in [0.2, 0.25) is 0 Å². The zero-order valence-corrected chi connectivity index (χ0v) is 9.69. The molecule has 1 aromatic rings. The minimum atomic E-state index is 0.563. The molecule has 2 fully saturated rings. The molecule has 1 aromatic carbocycles. The molecule has 0 aromatic heterocycles. The lowest BCUT2D eigenvalue weighted by atomic mass is 9.77. The topological polar surface area (TPSA) is 12.5 Å². The van der Waals surface area contributed by atoms with Crippen LogP contribution in [0.1, 0.15) is 18.4 Å². The molecule has 0 radical (unpaired) electrons. The average Bonchev–Trinajstić information content (AvgIpc) is 2.29. The highest BCUT2D eigenvalue weighted by molar-refractivity contribution is 5.14. The molecule has 2 aliphatic rings. The van der Waals surface area contributed by atoms with E-state index >= 15 is 0 Å². The Morgan fingerprint density at radius 3 is 2.31 bits per heavy atom.